The van der Waals surface area contributed by atoms with Gasteiger partial charge < -0.3 is 4.90 Å². The molecule has 2 aromatic rings. The van der Waals surface area contributed by atoms with Crippen molar-refractivity contribution in [1.29, 1.82) is 0 Å². The van der Waals surface area contributed by atoms with Gasteiger partial charge in [0.15, 0.2) is 0 Å². The molecule has 90 valence electrons. The number of para-hydroxylation sites is 1. The van der Waals surface area contributed by atoms with Gasteiger partial charge in [0.1, 0.15) is 5.82 Å². The van der Waals surface area contributed by atoms with Gasteiger partial charge in [0, 0.05) is 24.5 Å². The fourth-order valence-corrected chi connectivity index (χ4v) is 2.22. The van der Waals surface area contributed by atoms with Crippen molar-refractivity contribution in [2.24, 2.45) is 0 Å². The summed E-state index contributed by atoms with van der Waals surface area (Å²) in [7, 11) is 0. The van der Waals surface area contributed by atoms with E-state index >= 15 is 0 Å². The minimum Gasteiger partial charge on any atom is -0.304 e. The zero-order valence-electron chi connectivity index (χ0n) is 9.91. The van der Waals surface area contributed by atoms with Gasteiger partial charge in [-0.25, -0.2) is 9.97 Å². The third-order valence-electron chi connectivity index (χ3n) is 3.11. The SMILES string of the molecule is O=C1CCc2ccccc2N1Cc1ncccn1. The Morgan fingerprint density at radius 1 is 1.06 bits per heavy atom. The largest absolute Gasteiger partial charge is 0.304 e. The summed E-state index contributed by atoms with van der Waals surface area (Å²) in [4.78, 5) is 22.2. The topological polar surface area (TPSA) is 46.1 Å². The number of carbonyl (C=O) groups excluding carboxylic acids is 1. The van der Waals surface area contributed by atoms with Crippen LogP contribution in [0.15, 0.2) is 42.7 Å². The van der Waals surface area contributed by atoms with Crippen LogP contribution < -0.4 is 4.90 Å². The number of carbonyl (C=O) groups is 1. The van der Waals surface area contributed by atoms with E-state index in [1.807, 2.05) is 18.2 Å². The standard InChI is InChI=1S/C14H13N3O/c18-14-7-6-11-4-1-2-5-12(11)17(14)10-13-15-8-3-9-16-13/h1-5,8-9H,6-7,10H2. The number of benzene rings is 1. The van der Waals surface area contributed by atoms with Gasteiger partial charge in [-0.3, -0.25) is 4.79 Å². The van der Waals surface area contributed by atoms with E-state index in [1.165, 1.54) is 5.56 Å². The lowest BCUT2D eigenvalue weighted by molar-refractivity contribution is -0.119. The van der Waals surface area contributed by atoms with Gasteiger partial charge in [0.05, 0.1) is 6.54 Å². The molecule has 0 radical (unpaired) electrons. The summed E-state index contributed by atoms with van der Waals surface area (Å²) < 4.78 is 0. The number of anilines is 1. The van der Waals surface area contributed by atoms with E-state index in [-0.39, 0.29) is 5.91 Å². The minimum absolute atomic E-state index is 0.140. The zero-order chi connectivity index (χ0) is 12.4. The van der Waals surface area contributed by atoms with Crippen molar-refractivity contribution in [1.82, 2.24) is 9.97 Å². The van der Waals surface area contributed by atoms with Crippen LogP contribution in [-0.2, 0) is 17.8 Å². The van der Waals surface area contributed by atoms with Gasteiger partial charge in [-0.1, -0.05) is 18.2 Å². The van der Waals surface area contributed by atoms with Crippen LogP contribution in [0, 0.1) is 0 Å². The summed E-state index contributed by atoms with van der Waals surface area (Å²) in [6.07, 6.45) is 4.77. The number of amides is 1. The van der Waals surface area contributed by atoms with Gasteiger partial charge in [-0.2, -0.15) is 0 Å². The van der Waals surface area contributed by atoms with Crippen molar-refractivity contribution >= 4 is 11.6 Å². The lowest BCUT2D eigenvalue weighted by atomic mass is 10.0. The maximum absolute atomic E-state index is 12.0. The molecule has 0 atom stereocenters. The Kier molecular flexibility index (Phi) is 2.76. The van der Waals surface area contributed by atoms with E-state index in [0.717, 1.165) is 12.1 Å². The molecule has 0 spiro atoms. The van der Waals surface area contributed by atoms with Crippen LogP contribution in [0.25, 0.3) is 0 Å². The molecule has 1 aromatic heterocycles. The summed E-state index contributed by atoms with van der Waals surface area (Å²) in [5.41, 5.74) is 2.20. The molecule has 4 heteroatoms. The Labute approximate surface area is 105 Å². The second kappa shape index (κ2) is 4.56. The fourth-order valence-electron chi connectivity index (χ4n) is 2.22. The number of rotatable bonds is 2. The highest BCUT2D eigenvalue weighted by Crippen LogP contribution is 2.28. The highest BCUT2D eigenvalue weighted by atomic mass is 16.2. The smallest absolute Gasteiger partial charge is 0.227 e. The molecule has 1 amide bonds. The van der Waals surface area contributed by atoms with E-state index in [2.05, 4.69) is 16.0 Å². The van der Waals surface area contributed by atoms with Gasteiger partial charge in [-0.15, -0.1) is 0 Å². The van der Waals surface area contributed by atoms with Crippen LogP contribution in [0.2, 0.25) is 0 Å². The van der Waals surface area contributed by atoms with Crippen molar-refractivity contribution < 1.29 is 4.79 Å². The molecular weight excluding hydrogens is 226 g/mol. The summed E-state index contributed by atoms with van der Waals surface area (Å²) in [5.74, 6) is 0.809. The number of aryl methyl sites for hydroxylation is 1. The van der Waals surface area contributed by atoms with Gasteiger partial charge in [0.25, 0.3) is 0 Å². The first-order chi connectivity index (χ1) is 8.84. The molecule has 0 unspecified atom stereocenters. The summed E-state index contributed by atoms with van der Waals surface area (Å²) in [6, 6.07) is 9.79. The van der Waals surface area contributed by atoms with Crippen molar-refractivity contribution in [3.05, 3.63) is 54.1 Å². The molecule has 3 rings (SSSR count). The van der Waals surface area contributed by atoms with Crippen LogP contribution in [-0.4, -0.2) is 15.9 Å². The average molecular weight is 239 g/mol. The maximum Gasteiger partial charge on any atom is 0.227 e. The molecule has 1 aromatic carbocycles. The molecule has 0 aliphatic carbocycles. The molecule has 0 saturated carbocycles. The monoisotopic (exact) mass is 239 g/mol. The number of hydrogen-bond acceptors (Lipinski definition) is 3. The zero-order valence-corrected chi connectivity index (χ0v) is 9.91. The van der Waals surface area contributed by atoms with Crippen molar-refractivity contribution in [3.8, 4) is 0 Å². The van der Waals surface area contributed by atoms with E-state index < -0.39 is 0 Å². The molecule has 0 N–H and O–H groups in total. The van der Waals surface area contributed by atoms with E-state index in [4.69, 9.17) is 0 Å². The molecule has 0 fully saturated rings. The highest BCUT2D eigenvalue weighted by molar-refractivity contribution is 5.96. The van der Waals surface area contributed by atoms with Crippen LogP contribution >= 0.6 is 0 Å². The quantitative estimate of drug-likeness (QED) is 0.804. The van der Waals surface area contributed by atoms with Crippen LogP contribution in [0.1, 0.15) is 17.8 Å². The second-order valence-electron chi connectivity index (χ2n) is 4.27. The van der Waals surface area contributed by atoms with Crippen LogP contribution in [0.5, 0.6) is 0 Å². The Morgan fingerprint density at radius 2 is 1.83 bits per heavy atom. The van der Waals surface area contributed by atoms with Gasteiger partial charge in [-0.05, 0) is 24.1 Å². The predicted molar refractivity (Wildman–Crippen MR) is 68.0 cm³/mol. The molecule has 0 saturated heterocycles. The van der Waals surface area contributed by atoms with Crippen LogP contribution in [0.3, 0.4) is 0 Å². The molecule has 2 heterocycles. The highest BCUT2D eigenvalue weighted by Gasteiger charge is 2.24. The number of aromatic nitrogens is 2. The van der Waals surface area contributed by atoms with Crippen LogP contribution in [0.4, 0.5) is 5.69 Å². The summed E-state index contributed by atoms with van der Waals surface area (Å²) in [6.45, 7) is 0.441. The molecule has 1 aliphatic rings. The second-order valence-corrected chi connectivity index (χ2v) is 4.27. The Bertz CT molecular complexity index is 568. The lowest BCUT2D eigenvalue weighted by Crippen LogP contribution is -2.35. The van der Waals surface area contributed by atoms with Gasteiger partial charge in [0.2, 0.25) is 5.91 Å². The molecule has 1 aliphatic heterocycles. The lowest BCUT2D eigenvalue weighted by Gasteiger charge is -2.28. The molecule has 4 nitrogen and oxygen atoms in total. The number of fused-ring (bicyclic) bond motifs is 1. The fraction of sp³-hybridized carbons (Fsp3) is 0.214. The predicted octanol–water partition coefficient (Wildman–Crippen LogP) is 1.96. The first kappa shape index (κ1) is 10.9. The Morgan fingerprint density at radius 3 is 2.67 bits per heavy atom. The van der Waals surface area contributed by atoms with E-state index in [9.17, 15) is 4.79 Å². The molecular formula is C14H13N3O. The summed E-state index contributed by atoms with van der Waals surface area (Å²) >= 11 is 0. The Balaban J connectivity index is 1.94. The van der Waals surface area contributed by atoms with Crippen molar-refractivity contribution in [2.45, 2.75) is 19.4 Å². The van der Waals surface area contributed by atoms with Gasteiger partial charge >= 0.3 is 0 Å². The number of nitrogens with zero attached hydrogens (tertiary/aromatic N) is 3. The maximum atomic E-state index is 12.0. The first-order valence-corrected chi connectivity index (χ1v) is 5.99. The minimum atomic E-state index is 0.140. The third kappa shape index (κ3) is 1.97. The molecule has 0 bridgehead atoms. The molecule has 18 heavy (non-hydrogen) atoms. The average Bonchev–Trinajstić information content (AvgIpc) is 2.43. The summed E-state index contributed by atoms with van der Waals surface area (Å²) in [5, 5.41) is 0. The number of hydrogen-bond donors (Lipinski definition) is 0. The Hall–Kier alpha value is -2.23. The van der Waals surface area contributed by atoms with E-state index in [0.29, 0.717) is 18.8 Å². The first-order valence-electron chi connectivity index (χ1n) is 5.99. The normalized spacial score (nSPS) is 14.4. The third-order valence-corrected chi connectivity index (χ3v) is 3.11. The van der Waals surface area contributed by atoms with Crippen molar-refractivity contribution in [3.63, 3.8) is 0 Å². The van der Waals surface area contributed by atoms with Crippen molar-refractivity contribution in [2.75, 3.05) is 4.90 Å². The van der Waals surface area contributed by atoms with E-state index in [1.54, 1.807) is 23.4 Å².